The molecule has 0 heterocycles. The van der Waals surface area contributed by atoms with Crippen LogP contribution in [-0.2, 0) is 9.59 Å². The summed E-state index contributed by atoms with van der Waals surface area (Å²) in [7, 11) is 0. The Balaban J connectivity index is -0.000000411. The molecule has 0 aromatic rings. The molecule has 0 radical (unpaired) electrons. The number of carbonyl (C=O) groups is 2. The van der Waals surface area contributed by atoms with Gasteiger partial charge in [0.05, 0.1) is 0 Å². The molecule has 0 unspecified atom stereocenters. The molecule has 0 aliphatic carbocycles. The van der Waals surface area contributed by atoms with E-state index in [4.69, 9.17) is 0 Å². The van der Waals surface area contributed by atoms with Gasteiger partial charge < -0.3 is 19.8 Å². The summed E-state index contributed by atoms with van der Waals surface area (Å²) in [6.07, 6.45) is 14.0. The summed E-state index contributed by atoms with van der Waals surface area (Å²) in [5, 5.41) is 20.1. The van der Waals surface area contributed by atoms with Crippen LogP contribution in [0.4, 0.5) is 0 Å². The molecule has 0 aliphatic heterocycles. The van der Waals surface area contributed by atoms with Crippen molar-refractivity contribution in [3.63, 3.8) is 0 Å². The molecular formula is C22H42BaO4. The van der Waals surface area contributed by atoms with E-state index in [1.54, 1.807) is 0 Å². The van der Waals surface area contributed by atoms with Crippen LogP contribution in [0.25, 0.3) is 0 Å². The number of carbonyl (C=O) groups excluding carboxylic acids is 2. The predicted octanol–water partition coefficient (Wildman–Crippen LogP) is 3.87. The summed E-state index contributed by atoms with van der Waals surface area (Å²) < 4.78 is 0. The van der Waals surface area contributed by atoms with E-state index in [9.17, 15) is 19.8 Å². The van der Waals surface area contributed by atoms with Crippen LogP contribution in [0.3, 0.4) is 0 Å². The van der Waals surface area contributed by atoms with Crippen LogP contribution in [0.5, 0.6) is 0 Å². The fourth-order valence-electron chi connectivity index (χ4n) is 2.70. The first-order valence-corrected chi connectivity index (χ1v) is 10.6. The molecule has 0 atom stereocenters. The molecule has 0 spiro atoms. The number of hydrogen-bond acceptors (Lipinski definition) is 4. The molecule has 0 aromatic carbocycles. The Morgan fingerprint density at radius 2 is 0.815 bits per heavy atom. The molecule has 156 valence electrons. The van der Waals surface area contributed by atoms with Crippen molar-refractivity contribution in [2.45, 2.75) is 118 Å². The van der Waals surface area contributed by atoms with E-state index in [0.29, 0.717) is 0 Å². The van der Waals surface area contributed by atoms with Crippen LogP contribution in [0.2, 0.25) is 0 Å². The number of carboxylic acid groups (broad SMARTS) is 2. The van der Waals surface area contributed by atoms with Crippen LogP contribution in [0.15, 0.2) is 0 Å². The number of unbranched alkanes of at least 4 members (excludes halogenated alkanes) is 8. The zero-order valence-electron chi connectivity index (χ0n) is 18.4. The Hall–Kier alpha value is 0.511. The van der Waals surface area contributed by atoms with Gasteiger partial charge in [0.15, 0.2) is 0 Å². The number of hydrogen-bond donors (Lipinski definition) is 0. The van der Waals surface area contributed by atoms with E-state index < -0.39 is 11.9 Å². The van der Waals surface area contributed by atoms with Crippen molar-refractivity contribution in [2.24, 2.45) is 11.8 Å². The Labute approximate surface area is 208 Å². The topological polar surface area (TPSA) is 80.3 Å². The maximum atomic E-state index is 10.1. The van der Waals surface area contributed by atoms with Gasteiger partial charge in [-0.3, -0.25) is 0 Å². The van der Waals surface area contributed by atoms with Gasteiger partial charge in [-0.05, 0) is 37.5 Å². The number of aliphatic carboxylic acids is 2. The second kappa shape index (κ2) is 24.5. The third-order valence-corrected chi connectivity index (χ3v) is 4.32. The molecule has 0 saturated heterocycles. The molecule has 0 rings (SSSR count). The predicted molar refractivity (Wildman–Crippen MR) is 110 cm³/mol. The molecular weight excluding hydrogens is 466 g/mol. The van der Waals surface area contributed by atoms with Crippen LogP contribution >= 0.6 is 0 Å². The Morgan fingerprint density at radius 1 is 0.556 bits per heavy atom. The minimum absolute atomic E-state index is 0. The zero-order valence-corrected chi connectivity index (χ0v) is 22.8. The smallest absolute Gasteiger partial charge is 0.550 e. The average Bonchev–Trinajstić information content (AvgIpc) is 2.52. The Kier molecular flexibility index (Phi) is 29.3. The SMILES string of the molecule is CC(C)CCCCCCCC(=O)[O-].CC(C)CCCCCCCC(=O)[O-].[Ba+2]. The summed E-state index contributed by atoms with van der Waals surface area (Å²) in [4.78, 5) is 20.1. The average molecular weight is 508 g/mol. The monoisotopic (exact) mass is 508 g/mol. The Morgan fingerprint density at radius 3 is 1.07 bits per heavy atom. The van der Waals surface area contributed by atoms with E-state index in [1.807, 2.05) is 0 Å². The quantitative estimate of drug-likeness (QED) is 0.235. The third kappa shape index (κ3) is 37.9. The first kappa shape index (κ1) is 32.2. The van der Waals surface area contributed by atoms with Crippen LogP contribution in [0.1, 0.15) is 118 Å². The maximum absolute atomic E-state index is 10.1. The molecule has 0 aromatic heterocycles. The van der Waals surface area contributed by atoms with Gasteiger partial charge in [0, 0.05) is 11.9 Å². The van der Waals surface area contributed by atoms with E-state index >= 15 is 0 Å². The molecule has 5 heteroatoms. The standard InChI is InChI=1S/2C11H22O2.Ba/c2*1-10(2)8-6-4-3-5-7-9-11(12)13;/h2*10H,3-9H2,1-2H3,(H,12,13);/q;;+2/p-2. The van der Waals surface area contributed by atoms with Crippen LogP contribution in [0, 0.1) is 11.8 Å². The van der Waals surface area contributed by atoms with Crippen molar-refractivity contribution in [1.29, 1.82) is 0 Å². The van der Waals surface area contributed by atoms with Gasteiger partial charge in [-0.2, -0.15) is 0 Å². The van der Waals surface area contributed by atoms with E-state index in [2.05, 4.69) is 27.7 Å². The van der Waals surface area contributed by atoms with Gasteiger partial charge in [-0.25, -0.2) is 0 Å². The van der Waals surface area contributed by atoms with E-state index in [0.717, 1.165) is 37.5 Å². The third-order valence-electron chi connectivity index (χ3n) is 4.32. The van der Waals surface area contributed by atoms with Gasteiger partial charge in [0.1, 0.15) is 0 Å². The maximum Gasteiger partial charge on any atom is 2.00 e. The summed E-state index contributed by atoms with van der Waals surface area (Å²) in [6, 6.07) is 0. The molecule has 4 nitrogen and oxygen atoms in total. The van der Waals surface area contributed by atoms with Gasteiger partial charge in [0.2, 0.25) is 0 Å². The van der Waals surface area contributed by atoms with Crippen molar-refractivity contribution >= 4 is 60.8 Å². The van der Waals surface area contributed by atoms with Crippen molar-refractivity contribution in [1.82, 2.24) is 0 Å². The largest absolute Gasteiger partial charge is 2.00 e. The molecule has 0 N–H and O–H groups in total. The second-order valence-electron chi connectivity index (χ2n) is 8.14. The molecule has 0 amide bonds. The molecule has 0 saturated carbocycles. The zero-order chi connectivity index (χ0) is 20.2. The fraction of sp³-hybridized carbons (Fsp3) is 0.909. The second-order valence-corrected chi connectivity index (χ2v) is 8.14. The summed E-state index contributed by atoms with van der Waals surface area (Å²) in [5.41, 5.74) is 0. The first-order valence-electron chi connectivity index (χ1n) is 10.6. The van der Waals surface area contributed by atoms with E-state index in [1.165, 1.54) is 51.4 Å². The van der Waals surface area contributed by atoms with Gasteiger partial charge >= 0.3 is 48.9 Å². The van der Waals surface area contributed by atoms with Gasteiger partial charge in [-0.1, -0.05) is 91.9 Å². The van der Waals surface area contributed by atoms with Gasteiger partial charge in [0.25, 0.3) is 0 Å². The van der Waals surface area contributed by atoms with E-state index in [-0.39, 0.29) is 61.7 Å². The summed E-state index contributed by atoms with van der Waals surface area (Å²) in [6.45, 7) is 8.93. The van der Waals surface area contributed by atoms with Crippen molar-refractivity contribution < 1.29 is 19.8 Å². The van der Waals surface area contributed by atoms with Crippen molar-refractivity contribution in [3.8, 4) is 0 Å². The normalized spacial score (nSPS) is 10.3. The first-order chi connectivity index (χ1) is 12.3. The van der Waals surface area contributed by atoms with Crippen LogP contribution in [-0.4, -0.2) is 60.8 Å². The van der Waals surface area contributed by atoms with Crippen molar-refractivity contribution in [3.05, 3.63) is 0 Å². The minimum Gasteiger partial charge on any atom is -0.550 e. The van der Waals surface area contributed by atoms with Crippen LogP contribution < -0.4 is 10.2 Å². The molecule has 0 aliphatic rings. The minimum atomic E-state index is -0.915. The fourth-order valence-corrected chi connectivity index (χ4v) is 2.70. The Bertz CT molecular complexity index is 298. The number of rotatable bonds is 16. The molecule has 0 fully saturated rings. The molecule has 27 heavy (non-hydrogen) atoms. The van der Waals surface area contributed by atoms with Crippen molar-refractivity contribution in [2.75, 3.05) is 0 Å². The summed E-state index contributed by atoms with van der Waals surface area (Å²) in [5.74, 6) is -0.240. The molecule has 0 bridgehead atoms. The van der Waals surface area contributed by atoms with Gasteiger partial charge in [-0.15, -0.1) is 0 Å². The number of carboxylic acids is 2. The summed E-state index contributed by atoms with van der Waals surface area (Å²) >= 11 is 0.